The minimum absolute atomic E-state index is 0. The minimum Gasteiger partial charge on any atom is -0.381 e. The fourth-order valence-electron chi connectivity index (χ4n) is 2.58. The van der Waals surface area contributed by atoms with Crippen LogP contribution in [0.3, 0.4) is 0 Å². The van der Waals surface area contributed by atoms with Gasteiger partial charge in [0.15, 0.2) is 5.96 Å². The van der Waals surface area contributed by atoms with Gasteiger partial charge in [0.25, 0.3) is 0 Å². The minimum atomic E-state index is 0. The zero-order valence-corrected chi connectivity index (χ0v) is 15.1. The Kier molecular flexibility index (Phi) is 5.52. The van der Waals surface area contributed by atoms with Crippen molar-refractivity contribution in [3.8, 4) is 0 Å². The number of methoxy groups -OCH3 is 1. The first-order chi connectivity index (χ1) is 8.41. The number of ether oxygens (including phenoxy) is 1. The lowest BCUT2D eigenvalue weighted by Crippen LogP contribution is -2.63. The summed E-state index contributed by atoms with van der Waals surface area (Å²) in [5, 5.41) is 6.96. The summed E-state index contributed by atoms with van der Waals surface area (Å²) in [6.07, 6.45) is 4.07. The van der Waals surface area contributed by atoms with Gasteiger partial charge < -0.3 is 15.4 Å². The predicted octanol–water partition coefficient (Wildman–Crippen LogP) is 2.38. The van der Waals surface area contributed by atoms with Gasteiger partial charge >= 0.3 is 0 Å². The topological polar surface area (TPSA) is 45.7 Å². The molecule has 0 aromatic heterocycles. The molecule has 0 radical (unpaired) electrons. The van der Waals surface area contributed by atoms with Crippen molar-refractivity contribution in [3.63, 3.8) is 0 Å². The van der Waals surface area contributed by atoms with E-state index in [1.54, 1.807) is 7.11 Å². The molecule has 2 saturated carbocycles. The third kappa shape index (κ3) is 3.74. The zero-order valence-electron chi connectivity index (χ0n) is 12.7. The van der Waals surface area contributed by atoms with Crippen molar-refractivity contribution in [2.24, 2.45) is 15.8 Å². The van der Waals surface area contributed by atoms with Gasteiger partial charge in [-0.05, 0) is 24.7 Å². The molecule has 2 rings (SSSR count). The van der Waals surface area contributed by atoms with Crippen LogP contribution in [0.2, 0.25) is 0 Å². The number of nitrogens with zero attached hydrogens (tertiary/aromatic N) is 1. The van der Waals surface area contributed by atoms with Crippen LogP contribution in [0.1, 0.15) is 40.0 Å². The monoisotopic (exact) mass is 381 g/mol. The molecule has 0 aromatic rings. The van der Waals surface area contributed by atoms with E-state index in [1.807, 2.05) is 7.05 Å². The molecule has 2 N–H and O–H groups in total. The normalized spacial score (nSPS) is 30.9. The number of rotatable bonds is 4. The molecule has 112 valence electrons. The van der Waals surface area contributed by atoms with Crippen molar-refractivity contribution in [2.75, 3.05) is 20.7 Å². The van der Waals surface area contributed by atoms with E-state index in [0.717, 1.165) is 18.9 Å². The number of hydrogen-bond acceptors (Lipinski definition) is 2. The van der Waals surface area contributed by atoms with Gasteiger partial charge in [-0.15, -0.1) is 24.0 Å². The van der Waals surface area contributed by atoms with E-state index in [9.17, 15) is 0 Å². The number of halogens is 1. The number of aliphatic imine (C=N–C) groups is 1. The lowest BCUT2D eigenvalue weighted by Gasteiger charge is -2.51. The van der Waals surface area contributed by atoms with Crippen molar-refractivity contribution in [1.82, 2.24) is 10.6 Å². The van der Waals surface area contributed by atoms with E-state index in [-0.39, 0.29) is 29.4 Å². The molecular weight excluding hydrogens is 353 g/mol. The van der Waals surface area contributed by atoms with E-state index in [1.165, 1.54) is 12.8 Å². The number of hydrogen-bond donors (Lipinski definition) is 2. The molecule has 0 saturated heterocycles. The molecule has 2 atom stereocenters. The summed E-state index contributed by atoms with van der Waals surface area (Å²) < 4.78 is 5.47. The number of guanidine groups is 1. The van der Waals surface area contributed by atoms with Gasteiger partial charge in [0.2, 0.25) is 0 Å². The van der Waals surface area contributed by atoms with Crippen LogP contribution in [0.4, 0.5) is 0 Å². The average Bonchev–Trinajstić information content (AvgIpc) is 3.06. The highest BCUT2D eigenvalue weighted by Crippen LogP contribution is 2.44. The van der Waals surface area contributed by atoms with E-state index >= 15 is 0 Å². The van der Waals surface area contributed by atoms with Gasteiger partial charge in [0.05, 0.1) is 6.10 Å². The van der Waals surface area contributed by atoms with Crippen molar-refractivity contribution >= 4 is 29.9 Å². The Balaban J connectivity index is 0.00000180. The Hall–Kier alpha value is -0.0400. The van der Waals surface area contributed by atoms with Crippen molar-refractivity contribution < 1.29 is 4.74 Å². The molecular formula is C14H28IN3O. The Morgan fingerprint density at radius 3 is 2.37 bits per heavy atom. The molecule has 0 heterocycles. The van der Waals surface area contributed by atoms with Crippen molar-refractivity contribution in [3.05, 3.63) is 0 Å². The van der Waals surface area contributed by atoms with Crippen LogP contribution < -0.4 is 10.6 Å². The van der Waals surface area contributed by atoms with E-state index in [2.05, 4.69) is 36.4 Å². The second kappa shape index (κ2) is 6.16. The van der Waals surface area contributed by atoms with Crippen molar-refractivity contribution in [2.45, 2.75) is 52.2 Å². The molecule has 0 aliphatic heterocycles. The van der Waals surface area contributed by atoms with Crippen LogP contribution in [0.5, 0.6) is 0 Å². The summed E-state index contributed by atoms with van der Waals surface area (Å²) >= 11 is 0. The first-order valence-corrected chi connectivity index (χ1v) is 6.91. The maximum absolute atomic E-state index is 5.47. The Bertz CT molecular complexity index is 340. The summed E-state index contributed by atoms with van der Waals surface area (Å²) in [4.78, 5) is 4.31. The summed E-state index contributed by atoms with van der Waals surface area (Å²) in [6, 6.07) is 0.445. The van der Waals surface area contributed by atoms with Gasteiger partial charge in [-0.25, -0.2) is 0 Å². The molecule has 0 amide bonds. The maximum atomic E-state index is 5.47. The molecule has 2 fully saturated rings. The Morgan fingerprint density at radius 1 is 1.32 bits per heavy atom. The summed E-state index contributed by atoms with van der Waals surface area (Å²) in [5.41, 5.74) is 0.678. The van der Waals surface area contributed by atoms with Crippen molar-refractivity contribution in [1.29, 1.82) is 0 Å². The van der Waals surface area contributed by atoms with Crippen LogP contribution in [0.15, 0.2) is 4.99 Å². The first-order valence-electron chi connectivity index (χ1n) is 6.91. The van der Waals surface area contributed by atoms with Gasteiger partial charge in [-0.3, -0.25) is 4.99 Å². The number of nitrogens with one attached hydrogen (secondary N) is 2. The fraction of sp³-hybridized carbons (Fsp3) is 0.929. The zero-order chi connectivity index (χ0) is 13.4. The maximum Gasteiger partial charge on any atom is 0.191 e. The van der Waals surface area contributed by atoms with Crippen LogP contribution in [0.25, 0.3) is 0 Å². The molecule has 2 aliphatic rings. The largest absolute Gasteiger partial charge is 0.381 e. The molecule has 2 aliphatic carbocycles. The van der Waals surface area contributed by atoms with Gasteiger partial charge in [0.1, 0.15) is 0 Å². The van der Waals surface area contributed by atoms with Crippen LogP contribution >= 0.6 is 24.0 Å². The molecule has 0 spiro atoms. The molecule has 19 heavy (non-hydrogen) atoms. The quantitative estimate of drug-likeness (QED) is 0.447. The SMILES string of the molecule is CN=C(NCC1(C)CC1)NC1CC(OC)C1(C)C.I. The first kappa shape index (κ1) is 17.0. The Labute approximate surface area is 134 Å². The van der Waals surface area contributed by atoms with E-state index in [0.29, 0.717) is 17.6 Å². The summed E-state index contributed by atoms with van der Waals surface area (Å²) in [5.74, 6) is 0.927. The van der Waals surface area contributed by atoms with Gasteiger partial charge in [0, 0.05) is 32.2 Å². The fourth-order valence-corrected chi connectivity index (χ4v) is 2.58. The Morgan fingerprint density at radius 2 is 1.95 bits per heavy atom. The van der Waals surface area contributed by atoms with E-state index in [4.69, 9.17) is 4.74 Å². The summed E-state index contributed by atoms with van der Waals surface area (Å²) in [7, 11) is 3.63. The predicted molar refractivity (Wildman–Crippen MR) is 90.2 cm³/mol. The summed E-state index contributed by atoms with van der Waals surface area (Å²) in [6.45, 7) is 7.84. The molecule has 4 nitrogen and oxygen atoms in total. The van der Waals surface area contributed by atoms with Crippen LogP contribution in [-0.4, -0.2) is 38.8 Å². The highest BCUT2D eigenvalue weighted by atomic mass is 127. The highest BCUT2D eigenvalue weighted by Gasteiger charge is 2.49. The molecule has 2 unspecified atom stereocenters. The van der Waals surface area contributed by atoms with Gasteiger partial charge in [-0.2, -0.15) is 0 Å². The molecule has 0 aromatic carbocycles. The molecule has 0 bridgehead atoms. The van der Waals surface area contributed by atoms with Crippen LogP contribution in [0, 0.1) is 10.8 Å². The third-order valence-electron chi connectivity index (χ3n) is 4.78. The molecule has 5 heteroatoms. The standard InChI is InChI=1S/C14H27N3O.HI/c1-13(2)10(8-11(13)18-5)17-12(15-4)16-9-14(3)6-7-14;/h10-11H,6-9H2,1-5H3,(H2,15,16,17);1H. The second-order valence-electron chi connectivity index (χ2n) is 6.71. The third-order valence-corrected chi connectivity index (χ3v) is 4.78. The average molecular weight is 381 g/mol. The van der Waals surface area contributed by atoms with Crippen LogP contribution in [-0.2, 0) is 4.74 Å². The smallest absolute Gasteiger partial charge is 0.191 e. The second-order valence-corrected chi connectivity index (χ2v) is 6.71. The van der Waals surface area contributed by atoms with Gasteiger partial charge in [-0.1, -0.05) is 20.8 Å². The lowest BCUT2D eigenvalue weighted by molar-refractivity contribution is -0.0922. The lowest BCUT2D eigenvalue weighted by atomic mass is 9.64. The van der Waals surface area contributed by atoms with E-state index < -0.39 is 0 Å². The highest BCUT2D eigenvalue weighted by molar-refractivity contribution is 14.0.